The lowest BCUT2D eigenvalue weighted by molar-refractivity contribution is 0.0947. The van der Waals surface area contributed by atoms with E-state index in [9.17, 15) is 13.6 Å². The Balaban J connectivity index is 1.78. The molecular formula is C20H21F2NO2. The third-order valence-electron chi connectivity index (χ3n) is 5.26. The number of halogens is 2. The van der Waals surface area contributed by atoms with Gasteiger partial charge >= 0.3 is 0 Å². The molecule has 1 fully saturated rings. The summed E-state index contributed by atoms with van der Waals surface area (Å²) in [5.74, 6) is -0.724. The molecule has 25 heavy (non-hydrogen) atoms. The average molecular weight is 345 g/mol. The zero-order chi connectivity index (χ0) is 18.2. The molecule has 0 saturated heterocycles. The minimum Gasteiger partial charge on any atom is -0.497 e. The number of hydrogen-bond acceptors (Lipinski definition) is 2. The van der Waals surface area contributed by atoms with E-state index in [1.807, 2.05) is 13.8 Å². The first-order chi connectivity index (χ1) is 11.8. The monoisotopic (exact) mass is 345 g/mol. The summed E-state index contributed by atoms with van der Waals surface area (Å²) in [4.78, 5) is 12.4. The molecule has 0 radical (unpaired) electrons. The molecule has 1 saturated carbocycles. The zero-order valence-corrected chi connectivity index (χ0v) is 14.5. The Kier molecular flexibility index (Phi) is 4.27. The highest BCUT2D eigenvalue weighted by atomic mass is 19.1. The average Bonchev–Trinajstić information content (AvgIpc) is 3.14. The lowest BCUT2D eigenvalue weighted by Gasteiger charge is -2.22. The van der Waals surface area contributed by atoms with Crippen LogP contribution in [0.5, 0.6) is 5.75 Å². The molecule has 1 aliphatic carbocycles. The normalized spacial score (nSPS) is 20.8. The maximum atomic E-state index is 14.3. The smallest absolute Gasteiger partial charge is 0.251 e. The number of amides is 1. The Hall–Kier alpha value is -2.43. The minimum atomic E-state index is -0.600. The van der Waals surface area contributed by atoms with Crippen LogP contribution in [0.2, 0.25) is 0 Å². The minimum absolute atomic E-state index is 0.168. The zero-order valence-electron chi connectivity index (χ0n) is 14.5. The van der Waals surface area contributed by atoms with Crippen molar-refractivity contribution in [1.29, 1.82) is 0 Å². The van der Waals surface area contributed by atoms with Crippen LogP contribution >= 0.6 is 0 Å². The van der Waals surface area contributed by atoms with Gasteiger partial charge in [0.15, 0.2) is 0 Å². The molecule has 0 aromatic heterocycles. The van der Waals surface area contributed by atoms with Gasteiger partial charge < -0.3 is 10.1 Å². The van der Waals surface area contributed by atoms with Crippen LogP contribution in [0.15, 0.2) is 42.5 Å². The fraction of sp³-hybridized carbons (Fsp3) is 0.350. The largest absolute Gasteiger partial charge is 0.497 e. The molecule has 3 rings (SSSR count). The van der Waals surface area contributed by atoms with Gasteiger partial charge in [-0.3, -0.25) is 4.79 Å². The SMILES string of the molecule is COc1ccc(C(=O)NCC2(c3ccc(F)cc3F)CC2(C)C)cc1. The van der Waals surface area contributed by atoms with Crippen LogP contribution < -0.4 is 10.1 Å². The van der Waals surface area contributed by atoms with E-state index in [-0.39, 0.29) is 11.3 Å². The quantitative estimate of drug-likeness (QED) is 0.887. The van der Waals surface area contributed by atoms with E-state index in [1.165, 1.54) is 12.1 Å². The van der Waals surface area contributed by atoms with Crippen LogP contribution in [-0.4, -0.2) is 19.6 Å². The van der Waals surface area contributed by atoms with E-state index in [1.54, 1.807) is 31.4 Å². The van der Waals surface area contributed by atoms with Gasteiger partial charge in [-0.25, -0.2) is 8.78 Å². The summed E-state index contributed by atoms with van der Waals surface area (Å²) in [6, 6.07) is 10.4. The molecule has 3 nitrogen and oxygen atoms in total. The first-order valence-electron chi connectivity index (χ1n) is 8.17. The van der Waals surface area contributed by atoms with E-state index in [2.05, 4.69) is 5.32 Å². The van der Waals surface area contributed by atoms with Crippen molar-refractivity contribution in [3.8, 4) is 5.75 Å². The molecular weight excluding hydrogens is 324 g/mol. The number of carbonyl (C=O) groups excluding carboxylic acids is 1. The van der Waals surface area contributed by atoms with Crippen LogP contribution in [0, 0.1) is 17.0 Å². The Morgan fingerprint density at radius 2 is 1.80 bits per heavy atom. The predicted octanol–water partition coefficient (Wildman–Crippen LogP) is 4.07. The highest BCUT2D eigenvalue weighted by molar-refractivity contribution is 5.94. The molecule has 0 heterocycles. The fourth-order valence-corrected chi connectivity index (χ4v) is 3.52. The van der Waals surface area contributed by atoms with Crippen LogP contribution in [0.3, 0.4) is 0 Å². The maximum Gasteiger partial charge on any atom is 0.251 e. The van der Waals surface area contributed by atoms with Crippen LogP contribution in [0.4, 0.5) is 8.78 Å². The third-order valence-corrected chi connectivity index (χ3v) is 5.26. The van der Waals surface area contributed by atoms with Crippen LogP contribution in [-0.2, 0) is 5.41 Å². The van der Waals surface area contributed by atoms with Crippen molar-refractivity contribution in [2.75, 3.05) is 13.7 Å². The van der Waals surface area contributed by atoms with E-state index < -0.39 is 17.0 Å². The van der Waals surface area contributed by atoms with Gasteiger partial charge in [-0.05, 0) is 47.7 Å². The molecule has 1 atom stereocenters. The van der Waals surface area contributed by atoms with Gasteiger partial charge in [0.25, 0.3) is 5.91 Å². The van der Waals surface area contributed by atoms with Gasteiger partial charge in [0.1, 0.15) is 17.4 Å². The first kappa shape index (κ1) is 17.4. The Morgan fingerprint density at radius 1 is 1.16 bits per heavy atom. The summed E-state index contributed by atoms with van der Waals surface area (Å²) in [6.45, 7) is 4.35. The molecule has 1 aliphatic rings. The summed E-state index contributed by atoms with van der Waals surface area (Å²) in [6.07, 6.45) is 0.728. The fourth-order valence-electron chi connectivity index (χ4n) is 3.52. The van der Waals surface area contributed by atoms with Crippen molar-refractivity contribution in [3.05, 3.63) is 65.2 Å². The van der Waals surface area contributed by atoms with Gasteiger partial charge in [-0.1, -0.05) is 19.9 Å². The number of rotatable bonds is 5. The highest BCUT2D eigenvalue weighted by Gasteiger charge is 2.62. The number of hydrogen-bond donors (Lipinski definition) is 1. The second-order valence-electron chi connectivity index (χ2n) is 7.18. The van der Waals surface area contributed by atoms with E-state index >= 15 is 0 Å². The molecule has 0 aliphatic heterocycles. The molecule has 0 spiro atoms. The van der Waals surface area contributed by atoms with Crippen LogP contribution in [0.25, 0.3) is 0 Å². The lowest BCUT2D eigenvalue weighted by Crippen LogP contribution is -2.35. The summed E-state index contributed by atoms with van der Waals surface area (Å²) >= 11 is 0. The van der Waals surface area contributed by atoms with Crippen molar-refractivity contribution in [2.45, 2.75) is 25.7 Å². The Morgan fingerprint density at radius 3 is 2.32 bits per heavy atom. The topological polar surface area (TPSA) is 38.3 Å². The van der Waals surface area contributed by atoms with Crippen molar-refractivity contribution in [1.82, 2.24) is 5.32 Å². The molecule has 2 aromatic carbocycles. The third kappa shape index (κ3) is 3.11. The van der Waals surface area contributed by atoms with Gasteiger partial charge in [0.2, 0.25) is 0 Å². The van der Waals surface area contributed by atoms with E-state index in [0.717, 1.165) is 12.5 Å². The molecule has 0 bridgehead atoms. The molecule has 1 N–H and O–H groups in total. The number of methoxy groups -OCH3 is 1. The van der Waals surface area contributed by atoms with Gasteiger partial charge in [-0.15, -0.1) is 0 Å². The second-order valence-corrected chi connectivity index (χ2v) is 7.18. The summed E-state index contributed by atoms with van der Waals surface area (Å²) < 4.78 is 32.6. The standard InChI is InChI=1S/C20H21F2NO2/c1-19(2)11-20(19,16-9-6-14(21)10-17(16)22)12-23-18(24)13-4-7-15(25-3)8-5-13/h4-10H,11-12H2,1-3H3,(H,23,24). The lowest BCUT2D eigenvalue weighted by atomic mass is 9.87. The number of carbonyl (C=O) groups is 1. The number of nitrogens with one attached hydrogen (secondary N) is 1. The van der Waals surface area contributed by atoms with Crippen molar-refractivity contribution in [2.24, 2.45) is 5.41 Å². The summed E-state index contributed by atoms with van der Waals surface area (Å²) in [5.41, 5.74) is 0.272. The molecule has 2 aromatic rings. The Labute approximate surface area is 146 Å². The van der Waals surface area contributed by atoms with Gasteiger partial charge in [-0.2, -0.15) is 0 Å². The van der Waals surface area contributed by atoms with Crippen LogP contribution in [0.1, 0.15) is 36.2 Å². The maximum absolute atomic E-state index is 14.3. The molecule has 1 amide bonds. The van der Waals surface area contributed by atoms with E-state index in [4.69, 9.17) is 4.74 Å². The molecule has 1 unspecified atom stereocenters. The predicted molar refractivity (Wildman–Crippen MR) is 91.8 cm³/mol. The molecule has 132 valence electrons. The van der Waals surface area contributed by atoms with Crippen molar-refractivity contribution >= 4 is 5.91 Å². The van der Waals surface area contributed by atoms with Gasteiger partial charge in [0.05, 0.1) is 7.11 Å². The van der Waals surface area contributed by atoms with Crippen molar-refractivity contribution in [3.63, 3.8) is 0 Å². The van der Waals surface area contributed by atoms with E-state index in [0.29, 0.717) is 23.4 Å². The van der Waals surface area contributed by atoms with Crippen molar-refractivity contribution < 1.29 is 18.3 Å². The summed E-state index contributed by atoms with van der Waals surface area (Å²) in [7, 11) is 1.56. The first-order valence-corrected chi connectivity index (χ1v) is 8.17. The number of ether oxygens (including phenoxy) is 1. The second kappa shape index (κ2) is 6.14. The van der Waals surface area contributed by atoms with Gasteiger partial charge in [0, 0.05) is 23.6 Å². The summed E-state index contributed by atoms with van der Waals surface area (Å²) in [5, 5.41) is 2.89. The highest BCUT2D eigenvalue weighted by Crippen LogP contribution is 2.64. The Bertz CT molecular complexity index is 802. The molecule has 5 heteroatoms. The number of benzene rings is 2.